The van der Waals surface area contributed by atoms with Crippen molar-refractivity contribution in [3.05, 3.63) is 11.3 Å². The molecule has 138 valence electrons. The van der Waals surface area contributed by atoms with Crippen molar-refractivity contribution in [3.63, 3.8) is 0 Å². The molecule has 0 bridgehead atoms. The normalized spacial score (nSPS) is 56.5. The van der Waals surface area contributed by atoms with Gasteiger partial charge in [0, 0.05) is 5.41 Å². The number of amides is 1. The molecular formula is C20H29NO4. The third kappa shape index (κ3) is 1.70. The first-order chi connectivity index (χ1) is 11.7. The zero-order valence-corrected chi connectivity index (χ0v) is 15.1. The first kappa shape index (κ1) is 16.1. The quantitative estimate of drug-likeness (QED) is 0.635. The largest absolute Gasteiger partial charge is 0.509 e. The fourth-order valence-electron chi connectivity index (χ4n) is 7.62. The molecule has 1 amide bonds. The Morgan fingerprint density at radius 3 is 2.64 bits per heavy atom. The Morgan fingerprint density at radius 2 is 1.92 bits per heavy atom. The molecule has 4 N–H and O–H groups in total. The van der Waals surface area contributed by atoms with E-state index in [0.717, 1.165) is 38.5 Å². The molecule has 1 unspecified atom stereocenters. The topological polar surface area (TPSA) is 96.1 Å². The molecule has 5 rings (SSSR count). The highest BCUT2D eigenvalue weighted by molar-refractivity contribution is 5.93. The Kier molecular flexibility index (Phi) is 2.97. The Morgan fingerprint density at radius 1 is 1.16 bits per heavy atom. The Balaban J connectivity index is 1.54. The van der Waals surface area contributed by atoms with E-state index in [1.807, 2.05) is 0 Å². The summed E-state index contributed by atoms with van der Waals surface area (Å²) in [6.07, 6.45) is 6.18. The number of ether oxygens (including phenoxy) is 1. The monoisotopic (exact) mass is 347 g/mol. The molecule has 0 aromatic rings. The van der Waals surface area contributed by atoms with Gasteiger partial charge in [-0.1, -0.05) is 13.8 Å². The molecule has 0 radical (unpaired) electrons. The van der Waals surface area contributed by atoms with Crippen LogP contribution in [0.5, 0.6) is 0 Å². The van der Waals surface area contributed by atoms with Gasteiger partial charge in [-0.2, -0.15) is 0 Å². The van der Waals surface area contributed by atoms with Crippen LogP contribution in [0.4, 0.5) is 0 Å². The first-order valence-electron chi connectivity index (χ1n) is 9.82. The first-order valence-corrected chi connectivity index (χ1v) is 9.82. The van der Waals surface area contributed by atoms with Crippen LogP contribution in [0.15, 0.2) is 11.3 Å². The van der Waals surface area contributed by atoms with Gasteiger partial charge in [-0.15, -0.1) is 0 Å². The predicted octanol–water partition coefficient (Wildman–Crippen LogP) is 2.43. The standard InChI is InChI=1S/C20H29NO4/c1-18-7-6-13-10(12(18)3-4-14(18)22)5-8-20-16(25-20)15(23)11(17(21)24)9-19(13,20)2/h10,12-14,16,22-23H,3-9H2,1-2H3,(H2,21,24)/t10-,12-,13-,14-,16-,18-,19+,20?/m0/s1. The van der Waals surface area contributed by atoms with Crippen LogP contribution in [0.3, 0.4) is 0 Å². The highest BCUT2D eigenvalue weighted by Gasteiger charge is 2.76. The SMILES string of the molecule is C[C@]12CC[C@H]3[C@@H](CCC45O[C@H]4C(O)=C(C(N)=O)C[C@]35C)[C@@H]1CC[C@@H]2O. The van der Waals surface area contributed by atoms with E-state index in [1.54, 1.807) is 0 Å². The maximum atomic E-state index is 11.9. The van der Waals surface area contributed by atoms with Crippen molar-refractivity contribution in [2.24, 2.45) is 34.3 Å². The lowest BCUT2D eigenvalue weighted by Gasteiger charge is -2.59. The van der Waals surface area contributed by atoms with Gasteiger partial charge in [-0.3, -0.25) is 4.79 Å². The predicted molar refractivity (Wildman–Crippen MR) is 91.5 cm³/mol. The molecule has 5 heteroatoms. The molecular weight excluding hydrogens is 318 g/mol. The summed E-state index contributed by atoms with van der Waals surface area (Å²) in [6, 6.07) is 0. The molecule has 5 aliphatic rings. The molecule has 1 heterocycles. The minimum Gasteiger partial charge on any atom is -0.509 e. The summed E-state index contributed by atoms with van der Waals surface area (Å²) in [5, 5.41) is 21.0. The number of carbonyl (C=O) groups is 1. The van der Waals surface area contributed by atoms with Crippen molar-refractivity contribution in [2.45, 2.75) is 76.6 Å². The lowest BCUT2D eigenvalue weighted by Crippen LogP contribution is -2.58. The summed E-state index contributed by atoms with van der Waals surface area (Å²) >= 11 is 0. The molecule has 8 atom stereocenters. The summed E-state index contributed by atoms with van der Waals surface area (Å²) in [6.45, 7) is 4.53. The number of fused-ring (bicyclic) bond motifs is 4. The van der Waals surface area contributed by atoms with E-state index in [2.05, 4.69) is 13.8 Å². The van der Waals surface area contributed by atoms with Gasteiger partial charge in [-0.25, -0.2) is 0 Å². The Bertz CT molecular complexity index is 689. The van der Waals surface area contributed by atoms with E-state index >= 15 is 0 Å². The van der Waals surface area contributed by atoms with E-state index in [4.69, 9.17) is 10.5 Å². The van der Waals surface area contributed by atoms with Gasteiger partial charge in [0.25, 0.3) is 0 Å². The van der Waals surface area contributed by atoms with Gasteiger partial charge >= 0.3 is 0 Å². The highest BCUT2D eigenvalue weighted by Crippen LogP contribution is 2.73. The molecule has 1 saturated heterocycles. The van der Waals surface area contributed by atoms with Gasteiger partial charge in [0.15, 0.2) is 0 Å². The fraction of sp³-hybridized carbons (Fsp3) is 0.850. The van der Waals surface area contributed by atoms with Crippen LogP contribution in [0.2, 0.25) is 0 Å². The second-order valence-electron chi connectivity index (χ2n) is 9.76. The van der Waals surface area contributed by atoms with E-state index in [-0.39, 0.29) is 34.4 Å². The lowest BCUT2D eigenvalue weighted by molar-refractivity contribution is -0.123. The second kappa shape index (κ2) is 4.61. The van der Waals surface area contributed by atoms with Crippen molar-refractivity contribution in [1.29, 1.82) is 0 Å². The van der Waals surface area contributed by atoms with E-state index in [0.29, 0.717) is 29.7 Å². The maximum absolute atomic E-state index is 11.9. The molecule has 0 aromatic carbocycles. The van der Waals surface area contributed by atoms with Gasteiger partial charge < -0.3 is 20.7 Å². The molecule has 0 aromatic heterocycles. The van der Waals surface area contributed by atoms with Crippen LogP contribution in [0.25, 0.3) is 0 Å². The number of rotatable bonds is 1. The molecule has 4 aliphatic carbocycles. The number of nitrogens with two attached hydrogens (primary N) is 1. The summed E-state index contributed by atoms with van der Waals surface area (Å²) in [7, 11) is 0. The number of epoxide rings is 1. The van der Waals surface area contributed by atoms with Crippen molar-refractivity contribution < 1.29 is 19.7 Å². The summed E-state index contributed by atoms with van der Waals surface area (Å²) < 4.78 is 6.11. The van der Waals surface area contributed by atoms with Gasteiger partial charge in [0.2, 0.25) is 5.91 Å². The molecule has 5 nitrogen and oxygen atoms in total. The number of hydrogen-bond acceptors (Lipinski definition) is 4. The second-order valence-corrected chi connectivity index (χ2v) is 9.76. The Hall–Kier alpha value is -1.07. The fourth-order valence-corrected chi connectivity index (χ4v) is 7.62. The van der Waals surface area contributed by atoms with Gasteiger partial charge in [0.1, 0.15) is 17.5 Å². The van der Waals surface area contributed by atoms with Crippen LogP contribution < -0.4 is 5.73 Å². The van der Waals surface area contributed by atoms with E-state index < -0.39 is 5.91 Å². The minimum atomic E-state index is -0.512. The molecule has 3 saturated carbocycles. The molecule has 1 spiro atoms. The number of aliphatic hydroxyl groups is 2. The highest BCUT2D eigenvalue weighted by atomic mass is 16.6. The van der Waals surface area contributed by atoms with Crippen molar-refractivity contribution in [2.75, 3.05) is 0 Å². The summed E-state index contributed by atoms with van der Waals surface area (Å²) in [5.41, 5.74) is 5.54. The van der Waals surface area contributed by atoms with Crippen LogP contribution in [0, 0.1) is 28.6 Å². The lowest BCUT2D eigenvalue weighted by atomic mass is 9.45. The zero-order valence-electron chi connectivity index (χ0n) is 15.1. The zero-order chi connectivity index (χ0) is 17.8. The average Bonchev–Trinajstić information content (AvgIpc) is 3.23. The molecule has 4 fully saturated rings. The van der Waals surface area contributed by atoms with E-state index in [1.165, 1.54) is 0 Å². The van der Waals surface area contributed by atoms with Crippen molar-refractivity contribution in [1.82, 2.24) is 0 Å². The summed E-state index contributed by atoms with van der Waals surface area (Å²) in [5.74, 6) is 1.18. The smallest absolute Gasteiger partial charge is 0.248 e. The summed E-state index contributed by atoms with van der Waals surface area (Å²) in [4.78, 5) is 11.9. The minimum absolute atomic E-state index is 0.0466. The van der Waals surface area contributed by atoms with Gasteiger partial charge in [0.05, 0.1) is 11.7 Å². The van der Waals surface area contributed by atoms with Crippen LogP contribution in [0.1, 0.15) is 58.8 Å². The van der Waals surface area contributed by atoms with Crippen molar-refractivity contribution in [3.8, 4) is 0 Å². The number of aliphatic hydroxyl groups excluding tert-OH is 2. The number of carbonyl (C=O) groups excluding carboxylic acids is 1. The molecule has 1 aliphatic heterocycles. The maximum Gasteiger partial charge on any atom is 0.248 e. The number of primary amides is 1. The number of hydrogen-bond donors (Lipinski definition) is 3. The van der Waals surface area contributed by atoms with Gasteiger partial charge in [-0.05, 0) is 68.1 Å². The third-order valence-electron chi connectivity index (χ3n) is 9.11. The van der Waals surface area contributed by atoms with Crippen LogP contribution in [-0.2, 0) is 9.53 Å². The van der Waals surface area contributed by atoms with E-state index in [9.17, 15) is 15.0 Å². The van der Waals surface area contributed by atoms with Crippen LogP contribution in [-0.4, -0.2) is 33.9 Å². The van der Waals surface area contributed by atoms with Crippen LogP contribution >= 0.6 is 0 Å². The molecule has 25 heavy (non-hydrogen) atoms. The third-order valence-corrected chi connectivity index (χ3v) is 9.11. The van der Waals surface area contributed by atoms with Crippen molar-refractivity contribution >= 4 is 5.91 Å². The average molecular weight is 347 g/mol. The Labute approximate surface area is 148 Å².